The van der Waals surface area contributed by atoms with Gasteiger partial charge in [0.25, 0.3) is 5.91 Å². The lowest BCUT2D eigenvalue weighted by Gasteiger charge is -2.12. The molecule has 1 amide bonds. The van der Waals surface area contributed by atoms with Gasteiger partial charge in [0.15, 0.2) is 6.04 Å². The topological polar surface area (TPSA) is 86.6 Å². The number of hydrogen-bond donors (Lipinski definition) is 3. The normalized spacial score (nSPS) is 12.0. The van der Waals surface area contributed by atoms with Crippen LogP contribution in [0.15, 0.2) is 12.1 Å². The maximum Gasteiger partial charge on any atom is 0.328 e. The van der Waals surface area contributed by atoms with Crippen LogP contribution in [0.1, 0.15) is 15.9 Å². The van der Waals surface area contributed by atoms with Crippen molar-refractivity contribution in [3.63, 3.8) is 0 Å². The Kier molecular flexibility index (Phi) is 4.33. The van der Waals surface area contributed by atoms with Gasteiger partial charge in [-0.3, -0.25) is 4.79 Å². The maximum atomic E-state index is 13.3. The molecule has 18 heavy (non-hydrogen) atoms. The van der Waals surface area contributed by atoms with E-state index in [4.69, 9.17) is 10.2 Å². The second-order valence-corrected chi connectivity index (χ2v) is 3.63. The number of carbonyl (C=O) groups excluding carboxylic acids is 1. The zero-order chi connectivity index (χ0) is 13.9. The first-order valence-corrected chi connectivity index (χ1v) is 4.97. The van der Waals surface area contributed by atoms with Crippen molar-refractivity contribution < 1.29 is 28.6 Å². The van der Waals surface area contributed by atoms with Gasteiger partial charge >= 0.3 is 5.97 Å². The first kappa shape index (κ1) is 14.0. The van der Waals surface area contributed by atoms with E-state index in [1.54, 1.807) is 0 Å². The zero-order valence-electron chi connectivity index (χ0n) is 9.41. The summed E-state index contributed by atoms with van der Waals surface area (Å²) in [7, 11) is 0. The lowest BCUT2D eigenvalue weighted by atomic mass is 10.1. The van der Waals surface area contributed by atoms with Gasteiger partial charge in [0, 0.05) is 6.07 Å². The summed E-state index contributed by atoms with van der Waals surface area (Å²) in [5.41, 5.74) is -0.425. The van der Waals surface area contributed by atoms with Gasteiger partial charge in [0.1, 0.15) is 11.6 Å². The molecule has 0 bridgehead atoms. The van der Waals surface area contributed by atoms with Crippen molar-refractivity contribution in [1.29, 1.82) is 0 Å². The van der Waals surface area contributed by atoms with E-state index < -0.39 is 41.7 Å². The Labute approximate surface area is 101 Å². The first-order chi connectivity index (χ1) is 8.36. The second-order valence-electron chi connectivity index (χ2n) is 3.63. The molecule has 1 rings (SSSR count). The number of carboxylic acids is 1. The monoisotopic (exact) mass is 259 g/mol. The van der Waals surface area contributed by atoms with Crippen molar-refractivity contribution in [2.75, 3.05) is 6.61 Å². The number of carboxylic acid groups (broad SMARTS) is 1. The summed E-state index contributed by atoms with van der Waals surface area (Å²) in [6, 6.07) is -0.0304. The van der Waals surface area contributed by atoms with Crippen molar-refractivity contribution in [2.45, 2.75) is 13.0 Å². The number of halogens is 2. The van der Waals surface area contributed by atoms with E-state index in [9.17, 15) is 18.4 Å². The van der Waals surface area contributed by atoms with Gasteiger partial charge in [0.05, 0.1) is 12.2 Å². The number of aryl methyl sites for hydroxylation is 1. The molecule has 0 aliphatic rings. The van der Waals surface area contributed by atoms with E-state index in [0.717, 1.165) is 6.07 Å². The third-order valence-electron chi connectivity index (χ3n) is 2.28. The smallest absolute Gasteiger partial charge is 0.328 e. The standard InChI is InChI=1S/C11H11F2NO4/c1-5-2-6(8(13)3-7(5)12)10(16)14-9(4-15)11(17)18/h2-3,9,15H,4H2,1H3,(H,14,16)(H,17,18). The molecule has 0 spiro atoms. The molecule has 7 heteroatoms. The molecule has 3 N–H and O–H groups in total. The van der Waals surface area contributed by atoms with Gasteiger partial charge in [-0.15, -0.1) is 0 Å². The maximum absolute atomic E-state index is 13.3. The van der Waals surface area contributed by atoms with Crippen LogP contribution in [0, 0.1) is 18.6 Å². The van der Waals surface area contributed by atoms with Crippen LogP contribution < -0.4 is 5.32 Å². The Balaban J connectivity index is 2.97. The van der Waals surface area contributed by atoms with E-state index in [2.05, 4.69) is 0 Å². The Morgan fingerprint density at radius 3 is 2.44 bits per heavy atom. The second kappa shape index (κ2) is 5.54. The number of benzene rings is 1. The molecule has 98 valence electrons. The molecular weight excluding hydrogens is 248 g/mol. The summed E-state index contributed by atoms with van der Waals surface area (Å²) in [6.45, 7) is 0.509. The quantitative estimate of drug-likeness (QED) is 0.732. The number of aliphatic hydroxyl groups is 1. The van der Waals surface area contributed by atoms with Crippen LogP contribution >= 0.6 is 0 Å². The number of amides is 1. The predicted octanol–water partition coefficient (Wildman–Crippen LogP) is 0.449. The lowest BCUT2D eigenvalue weighted by molar-refractivity contribution is -0.140. The Bertz CT molecular complexity index is 490. The van der Waals surface area contributed by atoms with Crippen LogP contribution in [0.5, 0.6) is 0 Å². The highest BCUT2D eigenvalue weighted by Gasteiger charge is 2.22. The van der Waals surface area contributed by atoms with Crippen molar-refractivity contribution >= 4 is 11.9 Å². The summed E-state index contributed by atoms with van der Waals surface area (Å²) < 4.78 is 26.3. The average molecular weight is 259 g/mol. The number of hydrogen-bond acceptors (Lipinski definition) is 3. The molecular formula is C11H11F2NO4. The van der Waals surface area contributed by atoms with Crippen LogP contribution in [0.3, 0.4) is 0 Å². The number of carbonyl (C=O) groups is 2. The van der Waals surface area contributed by atoms with Gasteiger partial charge in [-0.2, -0.15) is 0 Å². The van der Waals surface area contributed by atoms with Gasteiger partial charge in [-0.1, -0.05) is 0 Å². The Morgan fingerprint density at radius 2 is 1.94 bits per heavy atom. The molecule has 5 nitrogen and oxygen atoms in total. The molecule has 1 aromatic carbocycles. The fourth-order valence-electron chi connectivity index (χ4n) is 1.25. The highest BCUT2D eigenvalue weighted by Crippen LogP contribution is 2.14. The fourth-order valence-corrected chi connectivity index (χ4v) is 1.25. The Morgan fingerprint density at radius 1 is 1.33 bits per heavy atom. The molecule has 0 radical (unpaired) electrons. The zero-order valence-corrected chi connectivity index (χ0v) is 9.41. The molecule has 0 aliphatic heterocycles. The van der Waals surface area contributed by atoms with Crippen LogP contribution in [0.4, 0.5) is 8.78 Å². The number of aliphatic hydroxyl groups excluding tert-OH is 1. The van der Waals surface area contributed by atoms with Crippen molar-refractivity contribution in [2.24, 2.45) is 0 Å². The van der Waals surface area contributed by atoms with Crippen LogP contribution in [-0.2, 0) is 4.79 Å². The van der Waals surface area contributed by atoms with Gasteiger partial charge < -0.3 is 15.5 Å². The summed E-state index contributed by atoms with van der Waals surface area (Å²) in [6.07, 6.45) is 0. The van der Waals surface area contributed by atoms with Crippen molar-refractivity contribution in [3.8, 4) is 0 Å². The third kappa shape index (κ3) is 3.01. The minimum Gasteiger partial charge on any atom is -0.480 e. The van der Waals surface area contributed by atoms with Crippen LogP contribution in [0.2, 0.25) is 0 Å². The molecule has 0 fully saturated rings. The lowest BCUT2D eigenvalue weighted by Crippen LogP contribution is -2.43. The van der Waals surface area contributed by atoms with Gasteiger partial charge in [-0.05, 0) is 18.6 Å². The summed E-state index contributed by atoms with van der Waals surface area (Å²) in [5, 5.41) is 19.2. The molecule has 0 heterocycles. The minimum atomic E-state index is -1.54. The highest BCUT2D eigenvalue weighted by atomic mass is 19.1. The third-order valence-corrected chi connectivity index (χ3v) is 2.28. The molecule has 1 atom stereocenters. The molecule has 1 unspecified atom stereocenters. The fraction of sp³-hybridized carbons (Fsp3) is 0.273. The SMILES string of the molecule is Cc1cc(C(=O)NC(CO)C(=O)O)c(F)cc1F. The molecule has 0 aliphatic carbocycles. The molecule has 0 saturated carbocycles. The molecule has 0 saturated heterocycles. The van der Waals surface area contributed by atoms with Gasteiger partial charge in [0.2, 0.25) is 0 Å². The largest absolute Gasteiger partial charge is 0.480 e. The van der Waals surface area contributed by atoms with E-state index in [0.29, 0.717) is 6.07 Å². The number of nitrogens with one attached hydrogen (secondary N) is 1. The molecule has 1 aromatic rings. The number of aliphatic carboxylic acids is 1. The highest BCUT2D eigenvalue weighted by molar-refractivity contribution is 5.97. The van der Waals surface area contributed by atoms with E-state index in [1.165, 1.54) is 6.92 Å². The predicted molar refractivity (Wildman–Crippen MR) is 57.1 cm³/mol. The number of rotatable bonds is 4. The van der Waals surface area contributed by atoms with Crippen LogP contribution in [0.25, 0.3) is 0 Å². The van der Waals surface area contributed by atoms with E-state index >= 15 is 0 Å². The summed E-state index contributed by atoms with van der Waals surface area (Å²) in [5.74, 6) is -4.39. The average Bonchev–Trinajstić information content (AvgIpc) is 2.29. The van der Waals surface area contributed by atoms with Crippen molar-refractivity contribution in [3.05, 3.63) is 34.9 Å². The van der Waals surface area contributed by atoms with E-state index in [-0.39, 0.29) is 5.56 Å². The first-order valence-electron chi connectivity index (χ1n) is 4.97. The minimum absolute atomic E-state index is 0.0532. The van der Waals surface area contributed by atoms with Crippen LogP contribution in [-0.4, -0.2) is 34.7 Å². The van der Waals surface area contributed by atoms with Crippen molar-refractivity contribution in [1.82, 2.24) is 5.32 Å². The summed E-state index contributed by atoms with van der Waals surface area (Å²) in [4.78, 5) is 22.1. The summed E-state index contributed by atoms with van der Waals surface area (Å²) >= 11 is 0. The Hall–Kier alpha value is -2.02. The van der Waals surface area contributed by atoms with E-state index in [1.807, 2.05) is 5.32 Å². The van der Waals surface area contributed by atoms with Gasteiger partial charge in [-0.25, -0.2) is 13.6 Å². The molecule has 0 aromatic heterocycles.